The number of amides is 1. The van der Waals surface area contributed by atoms with E-state index in [0.29, 0.717) is 5.56 Å². The van der Waals surface area contributed by atoms with Crippen molar-refractivity contribution >= 4 is 21.8 Å². The summed E-state index contributed by atoms with van der Waals surface area (Å²) in [5.74, 6) is -1.05. The fraction of sp³-hybridized carbons (Fsp3) is 0.412. The molecule has 1 saturated heterocycles. The molecular weight excluding hydrogens is 427 g/mol. The molecule has 1 fully saturated rings. The standard InChI is InChI=1S/C17H20F3N5O4S/c1-10-13(9-21-24(10)2)14-8-15(25(3)30(27,28)23-14)16(26)22-11-4-6-12(7-5-11)29-17(18,19)20/h4-7,9,14-15,23H,8H2,1-3H3,(H,22,26). The number of nitrogens with one attached hydrogen (secondary N) is 2. The average Bonchev–Trinajstić information content (AvgIpc) is 2.96. The van der Waals surface area contributed by atoms with Crippen molar-refractivity contribution in [1.29, 1.82) is 0 Å². The van der Waals surface area contributed by atoms with Crippen LogP contribution in [0.15, 0.2) is 30.5 Å². The van der Waals surface area contributed by atoms with E-state index in [9.17, 15) is 26.4 Å². The number of aryl methyl sites for hydroxylation is 1. The van der Waals surface area contributed by atoms with Crippen LogP contribution in [0.4, 0.5) is 18.9 Å². The number of rotatable bonds is 4. The molecule has 0 bridgehead atoms. The van der Waals surface area contributed by atoms with E-state index in [2.05, 4.69) is 19.9 Å². The van der Waals surface area contributed by atoms with Crippen molar-refractivity contribution in [2.75, 3.05) is 12.4 Å². The number of benzene rings is 1. The number of likely N-dealkylation sites (N-methyl/N-ethyl adjacent to an activating group) is 1. The molecule has 1 aromatic carbocycles. The number of halogens is 3. The molecular formula is C17H20F3N5O4S. The molecule has 1 aromatic heterocycles. The summed E-state index contributed by atoms with van der Waals surface area (Å²) in [4.78, 5) is 12.8. The van der Waals surface area contributed by atoms with Crippen LogP contribution in [-0.2, 0) is 22.1 Å². The van der Waals surface area contributed by atoms with Gasteiger partial charge < -0.3 is 10.1 Å². The SMILES string of the molecule is Cc1c(C2CC(C(=O)Nc3ccc(OC(F)(F)F)cc3)N(C)S(=O)(=O)N2)cnn1C. The lowest BCUT2D eigenvalue weighted by atomic mass is 10.00. The first-order chi connectivity index (χ1) is 13.9. The largest absolute Gasteiger partial charge is 0.573 e. The number of hydrogen-bond acceptors (Lipinski definition) is 5. The molecule has 3 rings (SSSR count). The molecule has 2 aromatic rings. The summed E-state index contributed by atoms with van der Waals surface area (Å²) >= 11 is 0. The summed E-state index contributed by atoms with van der Waals surface area (Å²) in [6.45, 7) is 1.79. The lowest BCUT2D eigenvalue weighted by molar-refractivity contribution is -0.274. The van der Waals surface area contributed by atoms with E-state index in [4.69, 9.17) is 0 Å². The molecule has 2 heterocycles. The van der Waals surface area contributed by atoms with Crippen molar-refractivity contribution in [1.82, 2.24) is 18.8 Å². The van der Waals surface area contributed by atoms with Crippen molar-refractivity contribution in [2.45, 2.75) is 31.8 Å². The van der Waals surface area contributed by atoms with Gasteiger partial charge in [-0.25, -0.2) is 0 Å². The Bertz CT molecular complexity index is 1040. The zero-order valence-corrected chi connectivity index (χ0v) is 17.1. The average molecular weight is 447 g/mol. The van der Waals surface area contributed by atoms with Crippen LogP contribution in [0.25, 0.3) is 0 Å². The van der Waals surface area contributed by atoms with Gasteiger partial charge >= 0.3 is 6.36 Å². The molecule has 2 unspecified atom stereocenters. The van der Waals surface area contributed by atoms with E-state index in [-0.39, 0.29) is 12.1 Å². The van der Waals surface area contributed by atoms with Gasteiger partial charge in [-0.15, -0.1) is 13.2 Å². The first-order valence-electron chi connectivity index (χ1n) is 8.78. The van der Waals surface area contributed by atoms with Crippen molar-refractivity contribution in [3.63, 3.8) is 0 Å². The number of alkyl halides is 3. The highest BCUT2D eigenvalue weighted by Gasteiger charge is 2.41. The van der Waals surface area contributed by atoms with Gasteiger partial charge in [0.1, 0.15) is 11.8 Å². The van der Waals surface area contributed by atoms with Crippen molar-refractivity contribution in [3.8, 4) is 5.75 Å². The molecule has 9 nitrogen and oxygen atoms in total. The number of ether oxygens (including phenoxy) is 1. The monoisotopic (exact) mass is 447 g/mol. The first kappa shape index (κ1) is 22.1. The smallest absolute Gasteiger partial charge is 0.406 e. The van der Waals surface area contributed by atoms with Crippen LogP contribution in [0.3, 0.4) is 0 Å². The van der Waals surface area contributed by atoms with Crippen molar-refractivity contribution < 1.29 is 31.1 Å². The third kappa shape index (κ3) is 4.74. The summed E-state index contributed by atoms with van der Waals surface area (Å²) in [5.41, 5.74) is 1.61. The summed E-state index contributed by atoms with van der Waals surface area (Å²) < 4.78 is 70.6. The highest BCUT2D eigenvalue weighted by atomic mass is 32.2. The molecule has 164 valence electrons. The Labute approximate surface area is 171 Å². The summed E-state index contributed by atoms with van der Waals surface area (Å²) in [6, 6.07) is 2.88. The normalized spacial score (nSPS) is 21.9. The van der Waals surface area contributed by atoms with Crippen molar-refractivity contribution in [2.24, 2.45) is 7.05 Å². The third-order valence-corrected chi connectivity index (χ3v) is 6.47. The molecule has 1 amide bonds. The van der Waals surface area contributed by atoms with Gasteiger partial charge in [0.2, 0.25) is 5.91 Å². The number of aromatic nitrogens is 2. The van der Waals surface area contributed by atoms with Crippen LogP contribution in [0, 0.1) is 6.92 Å². The Balaban J connectivity index is 1.77. The van der Waals surface area contributed by atoms with Crippen molar-refractivity contribution in [3.05, 3.63) is 41.7 Å². The number of hydrogen-bond donors (Lipinski definition) is 2. The maximum Gasteiger partial charge on any atom is 0.573 e. The number of carbonyl (C=O) groups is 1. The van der Waals surface area contributed by atoms with Gasteiger partial charge in [0, 0.05) is 31.0 Å². The highest BCUT2D eigenvalue weighted by Crippen LogP contribution is 2.30. The highest BCUT2D eigenvalue weighted by molar-refractivity contribution is 7.87. The second-order valence-electron chi connectivity index (χ2n) is 6.81. The van der Waals surface area contributed by atoms with Gasteiger partial charge in [-0.2, -0.15) is 22.5 Å². The van der Waals surface area contributed by atoms with E-state index >= 15 is 0 Å². The van der Waals surface area contributed by atoms with E-state index in [1.54, 1.807) is 24.9 Å². The fourth-order valence-corrected chi connectivity index (χ4v) is 4.40. The molecule has 2 atom stereocenters. The fourth-order valence-electron chi connectivity index (χ4n) is 3.14. The number of anilines is 1. The molecule has 0 radical (unpaired) electrons. The van der Waals surface area contributed by atoms with E-state index in [1.165, 1.54) is 19.2 Å². The van der Waals surface area contributed by atoms with Crippen LogP contribution < -0.4 is 14.8 Å². The predicted molar refractivity (Wildman–Crippen MR) is 101 cm³/mol. The van der Waals surface area contributed by atoms with Gasteiger partial charge in [0.25, 0.3) is 10.2 Å². The minimum Gasteiger partial charge on any atom is -0.406 e. The topological polar surface area (TPSA) is 106 Å². The molecule has 13 heteroatoms. The lowest BCUT2D eigenvalue weighted by Gasteiger charge is -2.36. The molecule has 1 aliphatic heterocycles. The Morgan fingerprint density at radius 3 is 2.43 bits per heavy atom. The van der Waals surface area contributed by atoms with Gasteiger partial charge in [-0.1, -0.05) is 0 Å². The van der Waals surface area contributed by atoms with Crippen LogP contribution >= 0.6 is 0 Å². The number of nitrogens with zero attached hydrogens (tertiary/aromatic N) is 3. The molecule has 30 heavy (non-hydrogen) atoms. The Hall–Kier alpha value is -2.64. The third-order valence-electron chi connectivity index (χ3n) is 4.87. The number of carbonyl (C=O) groups excluding carboxylic acids is 1. The van der Waals surface area contributed by atoms with Crippen LogP contribution in [0.5, 0.6) is 5.75 Å². The van der Waals surface area contributed by atoms with Crippen LogP contribution in [-0.4, -0.2) is 47.9 Å². The molecule has 1 aliphatic rings. The lowest BCUT2D eigenvalue weighted by Crippen LogP contribution is -2.56. The summed E-state index contributed by atoms with van der Waals surface area (Å²) in [6.07, 6.45) is -3.14. The van der Waals surface area contributed by atoms with Crippen LogP contribution in [0.2, 0.25) is 0 Å². The van der Waals surface area contributed by atoms with Gasteiger partial charge in [-0.3, -0.25) is 9.48 Å². The minimum absolute atomic E-state index is 0.142. The van der Waals surface area contributed by atoms with Gasteiger partial charge in [0.05, 0.1) is 12.2 Å². The Kier molecular flexibility index (Phi) is 5.80. The second-order valence-corrected chi connectivity index (χ2v) is 8.58. The second kappa shape index (κ2) is 7.89. The van der Waals surface area contributed by atoms with E-state index in [1.807, 2.05) is 0 Å². The zero-order chi connectivity index (χ0) is 22.3. The zero-order valence-electron chi connectivity index (χ0n) is 16.3. The maximum atomic E-state index is 12.8. The summed E-state index contributed by atoms with van der Waals surface area (Å²) in [5, 5.41) is 6.64. The maximum absolute atomic E-state index is 12.8. The van der Waals surface area contributed by atoms with Gasteiger partial charge in [0.15, 0.2) is 0 Å². The first-order valence-corrected chi connectivity index (χ1v) is 10.2. The summed E-state index contributed by atoms with van der Waals surface area (Å²) in [7, 11) is -0.941. The Morgan fingerprint density at radius 1 is 1.27 bits per heavy atom. The van der Waals surface area contributed by atoms with E-state index < -0.39 is 40.3 Å². The minimum atomic E-state index is -4.82. The quantitative estimate of drug-likeness (QED) is 0.744. The van der Waals surface area contributed by atoms with Crippen LogP contribution in [0.1, 0.15) is 23.7 Å². The molecule has 0 spiro atoms. The predicted octanol–water partition coefficient (Wildman–Crippen LogP) is 1.85. The molecule has 0 aliphatic carbocycles. The van der Waals surface area contributed by atoms with Gasteiger partial charge in [-0.05, 0) is 37.6 Å². The van der Waals surface area contributed by atoms with E-state index in [0.717, 1.165) is 22.1 Å². The molecule has 2 N–H and O–H groups in total. The Morgan fingerprint density at radius 2 is 1.90 bits per heavy atom. The molecule has 0 saturated carbocycles.